The molecule has 1 aliphatic heterocycles. The van der Waals surface area contributed by atoms with Crippen molar-refractivity contribution < 1.29 is 29.3 Å². The van der Waals surface area contributed by atoms with E-state index in [-0.39, 0.29) is 35.8 Å². The minimum atomic E-state index is -1.70. The summed E-state index contributed by atoms with van der Waals surface area (Å²) in [6.07, 6.45) is -1.11. The first-order chi connectivity index (χ1) is 8.15. The third kappa shape index (κ3) is 1.94. The molecule has 0 aromatic heterocycles. The van der Waals surface area contributed by atoms with Crippen molar-refractivity contribution >= 4 is 12.3 Å². The number of hydrogen-bond donors (Lipinski definition) is 2. The van der Waals surface area contributed by atoms with Gasteiger partial charge in [0.25, 0.3) is 0 Å². The molecule has 0 bridgehead atoms. The van der Waals surface area contributed by atoms with Crippen molar-refractivity contribution in [1.29, 1.82) is 0 Å². The van der Waals surface area contributed by atoms with Crippen LogP contribution in [0.5, 0.6) is 11.5 Å². The number of carboxylic acid groups (broad SMARTS) is 1. The van der Waals surface area contributed by atoms with Crippen molar-refractivity contribution in [1.82, 2.24) is 0 Å². The number of aliphatic carboxylic acids is 1. The number of carboxylic acids is 1. The van der Waals surface area contributed by atoms with Gasteiger partial charge in [0.2, 0.25) is 0 Å². The van der Waals surface area contributed by atoms with Gasteiger partial charge in [-0.2, -0.15) is 0 Å². The number of carbonyl (C=O) groups is 2. The van der Waals surface area contributed by atoms with Crippen LogP contribution in [0.1, 0.15) is 22.0 Å². The van der Waals surface area contributed by atoms with Crippen molar-refractivity contribution in [3.8, 4) is 11.5 Å². The molecule has 1 aromatic rings. The summed E-state index contributed by atoms with van der Waals surface area (Å²) >= 11 is 0. The maximum absolute atomic E-state index is 10.8. The van der Waals surface area contributed by atoms with E-state index >= 15 is 0 Å². The molecule has 90 valence electrons. The number of benzene rings is 1. The Balaban J connectivity index is 2.54. The first-order valence-corrected chi connectivity index (χ1v) is 4.93. The van der Waals surface area contributed by atoms with Crippen LogP contribution in [0, 0.1) is 0 Å². The van der Waals surface area contributed by atoms with Gasteiger partial charge < -0.3 is 19.7 Å². The molecule has 1 heterocycles. The number of aldehydes is 1. The fourth-order valence-electron chi connectivity index (χ4n) is 1.62. The van der Waals surface area contributed by atoms with Crippen molar-refractivity contribution in [2.75, 3.05) is 13.2 Å². The number of aliphatic hydroxyl groups is 1. The molecule has 0 spiro atoms. The van der Waals surface area contributed by atoms with Gasteiger partial charge in [0.05, 0.1) is 5.56 Å². The van der Waals surface area contributed by atoms with Gasteiger partial charge >= 0.3 is 5.97 Å². The van der Waals surface area contributed by atoms with Crippen molar-refractivity contribution in [2.24, 2.45) is 0 Å². The summed E-state index contributed by atoms with van der Waals surface area (Å²) in [6, 6.07) is 2.73. The molecule has 1 atom stereocenters. The minimum absolute atomic E-state index is 0.0813. The Labute approximate surface area is 96.4 Å². The van der Waals surface area contributed by atoms with E-state index in [9.17, 15) is 14.7 Å². The lowest BCUT2D eigenvalue weighted by atomic mass is 10.0. The molecular formula is C11H10O6. The number of ether oxygens (including phenoxy) is 2. The molecular weight excluding hydrogens is 228 g/mol. The van der Waals surface area contributed by atoms with Gasteiger partial charge in [-0.15, -0.1) is 0 Å². The van der Waals surface area contributed by atoms with Gasteiger partial charge in [0.1, 0.15) is 13.2 Å². The van der Waals surface area contributed by atoms with Gasteiger partial charge in [-0.25, -0.2) is 4.79 Å². The van der Waals surface area contributed by atoms with Gasteiger partial charge in [-0.05, 0) is 6.07 Å². The maximum Gasteiger partial charge on any atom is 0.337 e. The first-order valence-electron chi connectivity index (χ1n) is 4.93. The van der Waals surface area contributed by atoms with Crippen LogP contribution in [-0.4, -0.2) is 35.7 Å². The number of fused-ring (bicyclic) bond motifs is 1. The van der Waals surface area contributed by atoms with Crippen molar-refractivity contribution in [3.05, 3.63) is 23.3 Å². The van der Waals surface area contributed by atoms with Gasteiger partial charge in [0, 0.05) is 5.56 Å². The zero-order valence-electron chi connectivity index (χ0n) is 8.75. The standard InChI is InChI=1S/C11H10O6/c12-5-6-1-2-7(8(13)11(14)15)10-9(6)16-3-4-17-10/h1-2,5,8,13H,3-4H2,(H,14,15). The molecule has 2 N–H and O–H groups in total. The van der Waals surface area contributed by atoms with Crippen LogP contribution in [0.4, 0.5) is 0 Å². The molecule has 6 nitrogen and oxygen atoms in total. The zero-order chi connectivity index (χ0) is 12.4. The lowest BCUT2D eigenvalue weighted by Crippen LogP contribution is -2.20. The normalized spacial score (nSPS) is 15.1. The van der Waals surface area contributed by atoms with Crippen LogP contribution >= 0.6 is 0 Å². The zero-order valence-corrected chi connectivity index (χ0v) is 8.75. The summed E-state index contributed by atoms with van der Waals surface area (Å²) in [7, 11) is 0. The molecule has 0 saturated heterocycles. The summed E-state index contributed by atoms with van der Waals surface area (Å²) in [4.78, 5) is 21.5. The minimum Gasteiger partial charge on any atom is -0.486 e. The van der Waals surface area contributed by atoms with E-state index in [0.717, 1.165) is 0 Å². The second-order valence-electron chi connectivity index (χ2n) is 3.46. The number of hydrogen-bond acceptors (Lipinski definition) is 5. The lowest BCUT2D eigenvalue weighted by molar-refractivity contribution is -0.147. The van der Waals surface area contributed by atoms with E-state index in [4.69, 9.17) is 14.6 Å². The number of rotatable bonds is 3. The highest BCUT2D eigenvalue weighted by molar-refractivity contribution is 5.84. The van der Waals surface area contributed by atoms with Crippen LogP contribution < -0.4 is 9.47 Å². The fourth-order valence-corrected chi connectivity index (χ4v) is 1.62. The molecule has 0 saturated carbocycles. The largest absolute Gasteiger partial charge is 0.486 e. The highest BCUT2D eigenvalue weighted by Gasteiger charge is 2.27. The number of carbonyl (C=O) groups excluding carboxylic acids is 1. The average molecular weight is 238 g/mol. The Morgan fingerprint density at radius 1 is 1.29 bits per heavy atom. The van der Waals surface area contributed by atoms with Gasteiger partial charge in [-0.3, -0.25) is 4.79 Å². The monoisotopic (exact) mass is 238 g/mol. The summed E-state index contributed by atoms with van der Waals surface area (Å²) in [5.74, 6) is -1.08. The predicted octanol–water partition coefficient (Wildman–Crippen LogP) is 0.388. The van der Waals surface area contributed by atoms with E-state index in [1.54, 1.807) is 0 Å². The van der Waals surface area contributed by atoms with E-state index in [0.29, 0.717) is 6.29 Å². The first kappa shape index (κ1) is 11.4. The third-order valence-corrected chi connectivity index (χ3v) is 2.40. The average Bonchev–Trinajstić information content (AvgIpc) is 2.36. The molecule has 0 aliphatic carbocycles. The summed E-state index contributed by atoms with van der Waals surface area (Å²) in [6.45, 7) is 0.523. The van der Waals surface area contributed by atoms with Crippen molar-refractivity contribution in [3.63, 3.8) is 0 Å². The summed E-state index contributed by atoms with van der Waals surface area (Å²) < 4.78 is 10.5. The Hall–Kier alpha value is -2.08. The van der Waals surface area contributed by atoms with Crippen LogP contribution in [0.25, 0.3) is 0 Å². The van der Waals surface area contributed by atoms with E-state index in [1.807, 2.05) is 0 Å². The molecule has 1 aliphatic rings. The highest BCUT2D eigenvalue weighted by atomic mass is 16.6. The fraction of sp³-hybridized carbons (Fsp3) is 0.273. The molecule has 0 radical (unpaired) electrons. The molecule has 1 unspecified atom stereocenters. The molecule has 6 heteroatoms. The smallest absolute Gasteiger partial charge is 0.337 e. The van der Waals surface area contributed by atoms with Crippen LogP contribution in [0.3, 0.4) is 0 Å². The third-order valence-electron chi connectivity index (χ3n) is 2.40. The van der Waals surface area contributed by atoms with Crippen LogP contribution in [-0.2, 0) is 4.79 Å². The Morgan fingerprint density at radius 2 is 1.94 bits per heavy atom. The molecule has 17 heavy (non-hydrogen) atoms. The Morgan fingerprint density at radius 3 is 2.53 bits per heavy atom. The topological polar surface area (TPSA) is 93.1 Å². The second kappa shape index (κ2) is 4.42. The second-order valence-corrected chi connectivity index (χ2v) is 3.46. The van der Waals surface area contributed by atoms with Crippen molar-refractivity contribution in [2.45, 2.75) is 6.10 Å². The van der Waals surface area contributed by atoms with Gasteiger partial charge in [-0.1, -0.05) is 6.07 Å². The molecule has 0 fully saturated rings. The molecule has 1 aromatic carbocycles. The molecule has 2 rings (SSSR count). The lowest BCUT2D eigenvalue weighted by Gasteiger charge is -2.23. The number of aliphatic hydroxyl groups excluding tert-OH is 1. The quantitative estimate of drug-likeness (QED) is 0.740. The van der Waals surface area contributed by atoms with E-state index < -0.39 is 12.1 Å². The predicted molar refractivity (Wildman–Crippen MR) is 55.4 cm³/mol. The highest BCUT2D eigenvalue weighted by Crippen LogP contribution is 2.39. The molecule has 0 amide bonds. The SMILES string of the molecule is O=Cc1ccc(C(O)C(=O)O)c2c1OCCO2. The van der Waals surface area contributed by atoms with E-state index in [1.165, 1.54) is 12.1 Å². The summed E-state index contributed by atoms with van der Waals surface area (Å²) in [5.41, 5.74) is 0.346. The van der Waals surface area contributed by atoms with Gasteiger partial charge in [0.15, 0.2) is 23.9 Å². The Bertz CT molecular complexity index is 467. The van der Waals surface area contributed by atoms with Crippen LogP contribution in [0.2, 0.25) is 0 Å². The summed E-state index contributed by atoms with van der Waals surface area (Å²) in [5, 5.41) is 18.2. The van der Waals surface area contributed by atoms with Crippen LogP contribution in [0.15, 0.2) is 12.1 Å². The Kier molecular flexibility index (Phi) is 2.97. The maximum atomic E-state index is 10.8. The van der Waals surface area contributed by atoms with E-state index in [2.05, 4.69) is 0 Å².